The fourth-order valence-electron chi connectivity index (χ4n) is 1.66. The maximum atomic E-state index is 12.4. The number of halogens is 3. The van der Waals surface area contributed by atoms with Crippen molar-refractivity contribution in [3.8, 4) is 11.5 Å². The van der Waals surface area contributed by atoms with Crippen LogP contribution in [0.25, 0.3) is 0 Å². The summed E-state index contributed by atoms with van der Waals surface area (Å²) in [4.78, 5) is 22.8. The molecule has 2 rings (SSSR count). The standard InChI is InChI=1S/C15H9F3O5/c16-15(17,18)23-11-7-6-10(13(19)20)8-12(11)22-14(21)9-4-2-1-3-5-9/h1-8H,(H,19,20). The molecule has 0 bridgehead atoms. The molecule has 2 aromatic rings. The van der Waals surface area contributed by atoms with Gasteiger partial charge in [0.1, 0.15) is 0 Å². The van der Waals surface area contributed by atoms with Crippen LogP contribution in [0.15, 0.2) is 48.5 Å². The number of hydrogen-bond acceptors (Lipinski definition) is 4. The van der Waals surface area contributed by atoms with E-state index in [1.54, 1.807) is 6.07 Å². The second-order valence-corrected chi connectivity index (χ2v) is 4.27. The van der Waals surface area contributed by atoms with Crippen LogP contribution in [0.5, 0.6) is 11.5 Å². The number of alkyl halides is 3. The third-order valence-corrected chi connectivity index (χ3v) is 2.63. The molecule has 0 saturated carbocycles. The number of esters is 1. The first-order valence-electron chi connectivity index (χ1n) is 6.16. The lowest BCUT2D eigenvalue weighted by atomic mass is 10.2. The van der Waals surface area contributed by atoms with Gasteiger partial charge in [0.15, 0.2) is 11.5 Å². The zero-order valence-electron chi connectivity index (χ0n) is 11.3. The van der Waals surface area contributed by atoms with Gasteiger partial charge in [-0.3, -0.25) is 0 Å². The Hall–Kier alpha value is -3.03. The van der Waals surface area contributed by atoms with Crippen molar-refractivity contribution in [1.82, 2.24) is 0 Å². The number of carbonyl (C=O) groups excluding carboxylic acids is 1. The third-order valence-electron chi connectivity index (χ3n) is 2.63. The summed E-state index contributed by atoms with van der Waals surface area (Å²) in [6.07, 6.45) is -5.02. The van der Waals surface area contributed by atoms with Crippen LogP contribution in [-0.4, -0.2) is 23.4 Å². The number of carboxylic acids is 1. The molecule has 0 spiro atoms. The fraction of sp³-hybridized carbons (Fsp3) is 0.0667. The Kier molecular flexibility index (Phi) is 4.54. The summed E-state index contributed by atoms with van der Waals surface area (Å²) in [6.45, 7) is 0. The smallest absolute Gasteiger partial charge is 0.478 e. The molecule has 2 aromatic carbocycles. The first kappa shape index (κ1) is 16.3. The van der Waals surface area contributed by atoms with E-state index in [1.807, 2.05) is 0 Å². The minimum absolute atomic E-state index is 0.0891. The zero-order chi connectivity index (χ0) is 17.0. The molecule has 0 amide bonds. The molecule has 8 heteroatoms. The normalized spacial score (nSPS) is 10.9. The lowest BCUT2D eigenvalue weighted by Crippen LogP contribution is -2.19. The van der Waals surface area contributed by atoms with E-state index in [4.69, 9.17) is 9.84 Å². The molecule has 0 fully saturated rings. The topological polar surface area (TPSA) is 72.8 Å². The minimum Gasteiger partial charge on any atom is -0.478 e. The zero-order valence-corrected chi connectivity index (χ0v) is 11.3. The van der Waals surface area contributed by atoms with E-state index in [0.717, 1.165) is 18.2 Å². The SMILES string of the molecule is O=C(O)c1ccc(OC(F)(F)F)c(OC(=O)c2ccccc2)c1. The molecule has 0 aromatic heterocycles. The predicted molar refractivity (Wildman–Crippen MR) is 71.5 cm³/mol. The van der Waals surface area contributed by atoms with Crippen LogP contribution in [0.1, 0.15) is 20.7 Å². The molecule has 5 nitrogen and oxygen atoms in total. The number of rotatable bonds is 4. The van der Waals surface area contributed by atoms with Crippen molar-refractivity contribution < 1.29 is 37.3 Å². The van der Waals surface area contributed by atoms with Gasteiger partial charge in [0, 0.05) is 0 Å². The first-order chi connectivity index (χ1) is 10.8. The van der Waals surface area contributed by atoms with E-state index in [2.05, 4.69) is 4.74 Å². The van der Waals surface area contributed by atoms with Gasteiger partial charge >= 0.3 is 18.3 Å². The predicted octanol–water partition coefficient (Wildman–Crippen LogP) is 3.50. The van der Waals surface area contributed by atoms with E-state index in [-0.39, 0.29) is 11.1 Å². The molecule has 0 radical (unpaired) electrons. The van der Waals surface area contributed by atoms with Crippen LogP contribution in [-0.2, 0) is 0 Å². The minimum atomic E-state index is -5.02. The number of carbonyl (C=O) groups is 2. The summed E-state index contributed by atoms with van der Waals surface area (Å²) in [5, 5.41) is 8.88. The van der Waals surface area contributed by atoms with Gasteiger partial charge in [0.2, 0.25) is 0 Å². The van der Waals surface area contributed by atoms with Gasteiger partial charge < -0.3 is 14.6 Å². The third kappa shape index (κ3) is 4.47. The lowest BCUT2D eigenvalue weighted by Gasteiger charge is -2.13. The van der Waals surface area contributed by atoms with Gasteiger partial charge in [-0.15, -0.1) is 13.2 Å². The number of aromatic carboxylic acids is 1. The van der Waals surface area contributed by atoms with Crippen LogP contribution in [0, 0.1) is 0 Å². The molecule has 0 aliphatic rings. The van der Waals surface area contributed by atoms with Gasteiger partial charge in [-0.2, -0.15) is 0 Å². The van der Waals surface area contributed by atoms with Gasteiger partial charge in [-0.1, -0.05) is 18.2 Å². The molecule has 0 unspecified atom stereocenters. The Morgan fingerprint density at radius 3 is 2.13 bits per heavy atom. The van der Waals surface area contributed by atoms with Crippen LogP contribution >= 0.6 is 0 Å². The highest BCUT2D eigenvalue weighted by Gasteiger charge is 2.33. The molecule has 0 atom stereocenters. The van der Waals surface area contributed by atoms with Gasteiger partial charge in [-0.25, -0.2) is 9.59 Å². The molecule has 0 aliphatic carbocycles. The second-order valence-electron chi connectivity index (χ2n) is 4.27. The summed E-state index contributed by atoms with van der Waals surface area (Å²) in [5.41, 5.74) is -0.262. The molecule has 0 heterocycles. The van der Waals surface area contributed by atoms with Gasteiger partial charge in [-0.05, 0) is 30.3 Å². The van der Waals surface area contributed by atoms with E-state index < -0.39 is 29.8 Å². The monoisotopic (exact) mass is 326 g/mol. The Labute approximate surface area is 127 Å². The van der Waals surface area contributed by atoms with Crippen molar-refractivity contribution >= 4 is 11.9 Å². The summed E-state index contributed by atoms with van der Waals surface area (Å²) in [5.74, 6) is -3.79. The lowest BCUT2D eigenvalue weighted by molar-refractivity contribution is -0.275. The maximum Gasteiger partial charge on any atom is 0.573 e. The molecular weight excluding hydrogens is 317 g/mol. The summed E-state index contributed by atoms with van der Waals surface area (Å²) >= 11 is 0. The Morgan fingerprint density at radius 2 is 1.57 bits per heavy atom. The summed E-state index contributed by atoms with van der Waals surface area (Å²) < 4.78 is 45.7. The average Bonchev–Trinajstić information content (AvgIpc) is 2.48. The fourth-order valence-corrected chi connectivity index (χ4v) is 1.66. The van der Waals surface area contributed by atoms with Crippen LogP contribution in [0.4, 0.5) is 13.2 Å². The summed E-state index contributed by atoms with van der Waals surface area (Å²) in [6, 6.07) is 9.97. The summed E-state index contributed by atoms with van der Waals surface area (Å²) in [7, 11) is 0. The van der Waals surface area contributed by atoms with Crippen molar-refractivity contribution in [3.05, 3.63) is 59.7 Å². The highest BCUT2D eigenvalue weighted by atomic mass is 19.4. The quantitative estimate of drug-likeness (QED) is 0.687. The molecule has 0 saturated heterocycles. The molecule has 0 aliphatic heterocycles. The molecule has 1 N–H and O–H groups in total. The van der Waals surface area contributed by atoms with Crippen molar-refractivity contribution in [2.24, 2.45) is 0 Å². The number of hydrogen-bond donors (Lipinski definition) is 1. The Morgan fingerprint density at radius 1 is 0.913 bits per heavy atom. The Balaban J connectivity index is 2.35. The number of carboxylic acid groups (broad SMARTS) is 1. The van der Waals surface area contributed by atoms with E-state index in [0.29, 0.717) is 0 Å². The van der Waals surface area contributed by atoms with Gasteiger partial charge in [0.25, 0.3) is 0 Å². The number of ether oxygens (including phenoxy) is 2. The highest BCUT2D eigenvalue weighted by Crippen LogP contribution is 2.33. The van der Waals surface area contributed by atoms with Gasteiger partial charge in [0.05, 0.1) is 11.1 Å². The maximum absolute atomic E-state index is 12.4. The van der Waals surface area contributed by atoms with Crippen molar-refractivity contribution in [2.45, 2.75) is 6.36 Å². The first-order valence-corrected chi connectivity index (χ1v) is 6.16. The molecule has 120 valence electrons. The van der Waals surface area contributed by atoms with Crippen molar-refractivity contribution in [3.63, 3.8) is 0 Å². The van der Waals surface area contributed by atoms with Crippen LogP contribution < -0.4 is 9.47 Å². The van der Waals surface area contributed by atoms with Crippen molar-refractivity contribution in [1.29, 1.82) is 0 Å². The van der Waals surface area contributed by atoms with E-state index in [1.165, 1.54) is 24.3 Å². The van der Waals surface area contributed by atoms with Crippen LogP contribution in [0.3, 0.4) is 0 Å². The Bertz CT molecular complexity index is 726. The highest BCUT2D eigenvalue weighted by molar-refractivity contribution is 5.92. The second kappa shape index (κ2) is 6.39. The largest absolute Gasteiger partial charge is 0.573 e. The van der Waals surface area contributed by atoms with Crippen LogP contribution in [0.2, 0.25) is 0 Å². The number of benzene rings is 2. The molecule has 23 heavy (non-hydrogen) atoms. The van der Waals surface area contributed by atoms with Crippen molar-refractivity contribution in [2.75, 3.05) is 0 Å². The van der Waals surface area contributed by atoms with E-state index in [9.17, 15) is 22.8 Å². The molecular formula is C15H9F3O5. The average molecular weight is 326 g/mol. The van der Waals surface area contributed by atoms with E-state index >= 15 is 0 Å².